The van der Waals surface area contributed by atoms with Gasteiger partial charge in [0.2, 0.25) is 0 Å². The molecule has 0 radical (unpaired) electrons. The van der Waals surface area contributed by atoms with Crippen molar-refractivity contribution >= 4 is 29.2 Å². The lowest BCUT2D eigenvalue weighted by Gasteiger charge is -2.13. The fourth-order valence-corrected chi connectivity index (χ4v) is 3.24. The van der Waals surface area contributed by atoms with Crippen LogP contribution in [0.3, 0.4) is 0 Å². The number of aromatic nitrogens is 1. The number of methoxy groups -OCH3 is 1. The first-order valence-corrected chi connectivity index (χ1v) is 8.86. The van der Waals surface area contributed by atoms with Crippen molar-refractivity contribution in [3.8, 4) is 11.4 Å². The van der Waals surface area contributed by atoms with Gasteiger partial charge in [0.05, 0.1) is 23.9 Å². The maximum Gasteiger partial charge on any atom is 0.262 e. The third kappa shape index (κ3) is 3.18. The van der Waals surface area contributed by atoms with Crippen molar-refractivity contribution in [1.29, 1.82) is 0 Å². The summed E-state index contributed by atoms with van der Waals surface area (Å²) < 4.78 is 6.22. The largest absolute Gasteiger partial charge is 0.497 e. The highest BCUT2D eigenvalue weighted by Crippen LogP contribution is 2.23. The first-order valence-electron chi connectivity index (χ1n) is 8.86. The van der Waals surface area contributed by atoms with E-state index in [1.54, 1.807) is 42.5 Å². The molecule has 1 aliphatic heterocycles. The van der Waals surface area contributed by atoms with Crippen LogP contribution in [0, 0.1) is 0 Å². The lowest BCUT2D eigenvalue weighted by Crippen LogP contribution is -2.24. The third-order valence-electron chi connectivity index (χ3n) is 4.65. The Morgan fingerprint density at radius 1 is 1.03 bits per heavy atom. The van der Waals surface area contributed by atoms with E-state index in [4.69, 9.17) is 10.5 Å². The Balaban J connectivity index is 1.72. The molecule has 0 saturated heterocycles. The molecule has 0 atom stereocenters. The Morgan fingerprint density at radius 2 is 1.80 bits per heavy atom. The van der Waals surface area contributed by atoms with Gasteiger partial charge in [-0.25, -0.2) is 0 Å². The van der Waals surface area contributed by atoms with Gasteiger partial charge in [-0.05, 0) is 30.3 Å². The number of benzene rings is 2. The van der Waals surface area contributed by atoms with Crippen LogP contribution in [0.25, 0.3) is 5.69 Å². The number of nitrogens with zero attached hydrogens (tertiary/aromatic N) is 1. The minimum atomic E-state index is -0.673. The van der Waals surface area contributed by atoms with E-state index in [1.807, 2.05) is 0 Å². The Kier molecular flexibility index (Phi) is 4.55. The van der Waals surface area contributed by atoms with E-state index in [1.165, 1.54) is 13.2 Å². The molecule has 0 unspecified atom stereocenters. The first kappa shape index (κ1) is 18.9. The molecule has 2 heterocycles. The number of carbonyl (C=O) groups is 3. The van der Waals surface area contributed by atoms with Gasteiger partial charge >= 0.3 is 0 Å². The molecule has 3 aromatic rings. The molecule has 3 amide bonds. The molecule has 30 heavy (non-hydrogen) atoms. The van der Waals surface area contributed by atoms with Gasteiger partial charge < -0.3 is 15.8 Å². The number of amides is 3. The molecule has 1 aromatic heterocycles. The zero-order chi connectivity index (χ0) is 21.4. The molecule has 4 rings (SSSR count). The average molecular weight is 404 g/mol. The van der Waals surface area contributed by atoms with Gasteiger partial charge in [-0.1, -0.05) is 12.1 Å². The predicted molar refractivity (Wildman–Crippen MR) is 109 cm³/mol. The lowest BCUT2D eigenvalue weighted by molar-refractivity contribution is 0.0879. The lowest BCUT2D eigenvalue weighted by atomic mass is 10.1. The topological polar surface area (TPSA) is 133 Å². The van der Waals surface area contributed by atoms with Crippen molar-refractivity contribution in [3.63, 3.8) is 0 Å². The van der Waals surface area contributed by atoms with Crippen LogP contribution < -0.4 is 26.7 Å². The number of nitrogens with two attached hydrogens (primary N) is 1. The second kappa shape index (κ2) is 7.21. The van der Waals surface area contributed by atoms with E-state index >= 15 is 0 Å². The minimum Gasteiger partial charge on any atom is -0.497 e. The summed E-state index contributed by atoms with van der Waals surface area (Å²) in [4.78, 5) is 49.1. The molecule has 1 aliphatic rings. The summed E-state index contributed by atoms with van der Waals surface area (Å²) in [5, 5.41) is 4.86. The molecule has 9 nitrogen and oxygen atoms in total. The highest BCUT2D eigenvalue weighted by Gasteiger charge is 2.31. The zero-order valence-electron chi connectivity index (χ0n) is 15.8. The van der Waals surface area contributed by atoms with E-state index in [9.17, 15) is 19.2 Å². The number of hydrogen-bond acceptors (Lipinski definition) is 6. The summed E-state index contributed by atoms with van der Waals surface area (Å²) in [6.45, 7) is 0. The van der Waals surface area contributed by atoms with Crippen LogP contribution >= 0.6 is 0 Å². The third-order valence-corrected chi connectivity index (χ3v) is 4.65. The minimum absolute atomic E-state index is 0.0640. The number of nitrogens with one attached hydrogen (secondary N) is 2. The summed E-state index contributed by atoms with van der Waals surface area (Å²) in [6.07, 6.45) is 0. The highest BCUT2D eigenvalue weighted by molar-refractivity contribution is 6.23. The molecule has 0 fully saturated rings. The Morgan fingerprint density at radius 3 is 2.57 bits per heavy atom. The molecule has 0 spiro atoms. The van der Waals surface area contributed by atoms with Gasteiger partial charge in [0.1, 0.15) is 11.6 Å². The van der Waals surface area contributed by atoms with Crippen LogP contribution in [-0.2, 0) is 0 Å². The van der Waals surface area contributed by atoms with Crippen LogP contribution in [-0.4, -0.2) is 29.4 Å². The average Bonchev–Trinajstić information content (AvgIpc) is 3.01. The summed E-state index contributed by atoms with van der Waals surface area (Å²) in [5.74, 6) is -1.34. The van der Waals surface area contributed by atoms with Gasteiger partial charge in [-0.2, -0.15) is 0 Å². The summed E-state index contributed by atoms with van der Waals surface area (Å²) in [6, 6.07) is 14.1. The number of nitrogen functional groups attached to an aromatic ring is 1. The second-order valence-electron chi connectivity index (χ2n) is 6.51. The van der Waals surface area contributed by atoms with E-state index in [-0.39, 0.29) is 28.2 Å². The summed E-state index contributed by atoms with van der Waals surface area (Å²) in [7, 11) is 1.52. The van der Waals surface area contributed by atoms with Gasteiger partial charge in [0.15, 0.2) is 0 Å². The number of carbonyl (C=O) groups excluding carboxylic acids is 3. The van der Waals surface area contributed by atoms with Crippen LogP contribution in [0.4, 0.5) is 11.5 Å². The number of ether oxygens (including phenoxy) is 1. The number of pyridine rings is 1. The molecule has 0 saturated carbocycles. The van der Waals surface area contributed by atoms with Crippen LogP contribution in [0.2, 0.25) is 0 Å². The quantitative estimate of drug-likeness (QED) is 0.566. The Hall–Kier alpha value is -4.40. The first-order chi connectivity index (χ1) is 14.4. The van der Waals surface area contributed by atoms with E-state index in [2.05, 4.69) is 10.6 Å². The van der Waals surface area contributed by atoms with Crippen LogP contribution in [0.5, 0.6) is 5.75 Å². The standard InChI is InChI=1S/C21H16N4O5/c1-30-14-7-3-5-12(9-14)23-19(27)11-4-2-6-13(8-11)25-16(26)10-15-17(18(25)22)21(29)24-20(15)28/h2-10H,22H2,1H3,(H,23,27)(H,24,28,29). The normalized spacial score (nSPS) is 12.3. The van der Waals surface area contributed by atoms with Crippen molar-refractivity contribution in [1.82, 2.24) is 9.88 Å². The van der Waals surface area contributed by atoms with Gasteiger partial charge in [-0.3, -0.25) is 29.1 Å². The Labute approximate surface area is 170 Å². The van der Waals surface area contributed by atoms with Crippen molar-refractivity contribution < 1.29 is 19.1 Å². The molecule has 0 bridgehead atoms. The van der Waals surface area contributed by atoms with Crippen molar-refractivity contribution in [3.05, 3.63) is 81.6 Å². The smallest absolute Gasteiger partial charge is 0.262 e. The molecular weight excluding hydrogens is 388 g/mol. The highest BCUT2D eigenvalue weighted by atomic mass is 16.5. The fourth-order valence-electron chi connectivity index (χ4n) is 3.24. The van der Waals surface area contributed by atoms with Crippen molar-refractivity contribution in [2.24, 2.45) is 0 Å². The van der Waals surface area contributed by atoms with E-state index in [0.29, 0.717) is 11.4 Å². The number of anilines is 2. The molecular formula is C21H16N4O5. The number of rotatable bonds is 4. The molecule has 150 valence electrons. The number of imide groups is 1. The zero-order valence-corrected chi connectivity index (χ0v) is 15.8. The SMILES string of the molecule is COc1cccc(NC(=O)c2cccc(-n3c(N)c4c(cc3=O)C(=O)NC4=O)c2)c1. The predicted octanol–water partition coefficient (Wildman–Crippen LogP) is 1.56. The van der Waals surface area contributed by atoms with Gasteiger partial charge in [-0.15, -0.1) is 0 Å². The van der Waals surface area contributed by atoms with E-state index < -0.39 is 23.3 Å². The fraction of sp³-hybridized carbons (Fsp3) is 0.0476. The molecule has 4 N–H and O–H groups in total. The van der Waals surface area contributed by atoms with E-state index in [0.717, 1.165) is 10.6 Å². The summed E-state index contributed by atoms with van der Waals surface area (Å²) >= 11 is 0. The number of fused-ring (bicyclic) bond motifs is 1. The van der Waals surface area contributed by atoms with Crippen LogP contribution in [0.1, 0.15) is 31.1 Å². The maximum atomic E-state index is 12.7. The second-order valence-corrected chi connectivity index (χ2v) is 6.51. The van der Waals surface area contributed by atoms with Gasteiger partial charge in [0, 0.05) is 23.4 Å². The Bertz CT molecular complexity index is 1280. The molecule has 9 heteroatoms. The summed E-state index contributed by atoms with van der Waals surface area (Å²) in [5.41, 5.74) is 6.40. The van der Waals surface area contributed by atoms with Crippen LogP contribution in [0.15, 0.2) is 59.4 Å². The van der Waals surface area contributed by atoms with Crippen molar-refractivity contribution in [2.75, 3.05) is 18.2 Å². The van der Waals surface area contributed by atoms with Gasteiger partial charge in [0.25, 0.3) is 23.3 Å². The monoisotopic (exact) mass is 404 g/mol. The molecule has 2 aromatic carbocycles. The number of hydrogen-bond donors (Lipinski definition) is 3. The maximum absolute atomic E-state index is 12.7. The van der Waals surface area contributed by atoms with Crippen molar-refractivity contribution in [2.45, 2.75) is 0 Å². The molecule has 0 aliphatic carbocycles.